The smallest absolute Gasteiger partial charge is 0.190 e. The number of rotatable bonds is 2. The molecule has 1 aromatic heterocycles. The zero-order valence-corrected chi connectivity index (χ0v) is 6.80. The van der Waals surface area contributed by atoms with Crippen molar-refractivity contribution in [2.45, 2.75) is 0 Å². The summed E-state index contributed by atoms with van der Waals surface area (Å²) < 4.78 is 0. The second-order valence-electron chi connectivity index (χ2n) is 1.80. The third-order valence-corrected chi connectivity index (χ3v) is 1.87. The molecule has 0 spiro atoms. The van der Waals surface area contributed by atoms with Crippen LogP contribution in [0.3, 0.4) is 0 Å². The van der Waals surface area contributed by atoms with Crippen LogP contribution in [0.15, 0.2) is 16.6 Å². The highest BCUT2D eigenvalue weighted by Crippen LogP contribution is 2.13. The molecule has 0 N–H and O–H groups in total. The van der Waals surface area contributed by atoms with Crippen molar-refractivity contribution in [2.24, 2.45) is 4.99 Å². The minimum atomic E-state index is 0.964. The Kier molecular flexibility index (Phi) is 2.39. The summed E-state index contributed by atoms with van der Waals surface area (Å²) in [4.78, 5) is 9.83. The molecule has 0 aliphatic carbocycles. The highest BCUT2D eigenvalue weighted by atomic mass is 32.1. The molecule has 0 fully saturated rings. The van der Waals surface area contributed by atoms with E-state index in [4.69, 9.17) is 0 Å². The molecule has 54 valence electrons. The van der Waals surface area contributed by atoms with Gasteiger partial charge in [-0.25, -0.2) is 4.98 Å². The first-order valence-electron chi connectivity index (χ1n) is 2.89. The molecule has 1 heterocycles. The summed E-state index contributed by atoms with van der Waals surface area (Å²) in [6.45, 7) is 0. The van der Waals surface area contributed by atoms with Crippen LogP contribution in [0.1, 0.15) is 0 Å². The number of nitrogens with zero attached hydrogens (tertiary/aromatic N) is 3. The van der Waals surface area contributed by atoms with Crippen LogP contribution >= 0.6 is 11.3 Å². The van der Waals surface area contributed by atoms with E-state index in [0.29, 0.717) is 0 Å². The molecule has 0 radical (unpaired) electrons. The Bertz CT molecular complexity index is 205. The number of aliphatic imine (C=N–C) groups is 1. The molecule has 0 aliphatic rings. The van der Waals surface area contributed by atoms with E-state index < -0.39 is 0 Å². The number of hydrogen-bond acceptors (Lipinski definition) is 3. The van der Waals surface area contributed by atoms with Crippen molar-refractivity contribution in [3.05, 3.63) is 11.6 Å². The first-order chi connectivity index (χ1) is 4.84. The van der Waals surface area contributed by atoms with Gasteiger partial charge in [0, 0.05) is 25.7 Å². The zero-order valence-electron chi connectivity index (χ0n) is 5.98. The summed E-state index contributed by atoms with van der Waals surface area (Å²) in [5.74, 6) is 0. The van der Waals surface area contributed by atoms with Crippen LogP contribution in [-0.4, -0.2) is 25.4 Å². The summed E-state index contributed by atoms with van der Waals surface area (Å²) >= 11 is 1.59. The van der Waals surface area contributed by atoms with Gasteiger partial charge in [0.05, 0.1) is 6.34 Å². The fourth-order valence-corrected chi connectivity index (χ4v) is 1.19. The SMILES string of the molecule is CN=CN(C)c1nccs1. The predicted molar refractivity (Wildman–Crippen MR) is 44.9 cm³/mol. The molecule has 10 heavy (non-hydrogen) atoms. The van der Waals surface area contributed by atoms with Gasteiger partial charge >= 0.3 is 0 Å². The second-order valence-corrected chi connectivity index (χ2v) is 2.67. The largest absolute Gasteiger partial charge is 0.312 e. The van der Waals surface area contributed by atoms with Crippen LogP contribution in [0, 0.1) is 0 Å². The summed E-state index contributed by atoms with van der Waals surface area (Å²) in [7, 11) is 3.66. The molecular formula is C6H9N3S. The number of hydrogen-bond donors (Lipinski definition) is 0. The normalized spacial score (nSPS) is 10.6. The molecule has 0 aliphatic heterocycles. The molecule has 1 rings (SSSR count). The lowest BCUT2D eigenvalue weighted by Crippen LogP contribution is -2.13. The summed E-state index contributed by atoms with van der Waals surface area (Å²) in [5.41, 5.74) is 0. The van der Waals surface area contributed by atoms with Crippen molar-refractivity contribution in [1.29, 1.82) is 0 Å². The molecule has 0 atom stereocenters. The average molecular weight is 155 g/mol. The summed E-state index contributed by atoms with van der Waals surface area (Å²) in [6.07, 6.45) is 3.51. The van der Waals surface area contributed by atoms with Crippen LogP contribution < -0.4 is 4.90 Å². The lowest BCUT2D eigenvalue weighted by atomic mass is 10.9. The maximum atomic E-state index is 4.09. The average Bonchev–Trinajstić information content (AvgIpc) is 2.38. The van der Waals surface area contributed by atoms with Gasteiger partial charge in [-0.05, 0) is 0 Å². The minimum Gasteiger partial charge on any atom is -0.312 e. The Morgan fingerprint density at radius 1 is 1.80 bits per heavy atom. The third-order valence-electron chi connectivity index (χ3n) is 1.01. The quantitative estimate of drug-likeness (QED) is 0.475. The van der Waals surface area contributed by atoms with Gasteiger partial charge in [0.2, 0.25) is 0 Å². The maximum Gasteiger partial charge on any atom is 0.190 e. The Labute approximate surface area is 64.0 Å². The maximum absolute atomic E-state index is 4.09. The molecule has 0 amide bonds. The van der Waals surface area contributed by atoms with Crippen molar-refractivity contribution in [3.8, 4) is 0 Å². The van der Waals surface area contributed by atoms with E-state index >= 15 is 0 Å². The van der Waals surface area contributed by atoms with Crippen LogP contribution in [0.4, 0.5) is 5.13 Å². The highest BCUT2D eigenvalue weighted by molar-refractivity contribution is 7.13. The third kappa shape index (κ3) is 1.54. The molecule has 4 heteroatoms. The van der Waals surface area contributed by atoms with E-state index in [1.165, 1.54) is 0 Å². The van der Waals surface area contributed by atoms with E-state index in [1.54, 1.807) is 30.9 Å². The van der Waals surface area contributed by atoms with Crippen molar-refractivity contribution in [3.63, 3.8) is 0 Å². The van der Waals surface area contributed by atoms with Gasteiger partial charge < -0.3 is 4.90 Å². The number of aromatic nitrogens is 1. The van der Waals surface area contributed by atoms with Crippen molar-refractivity contribution in [2.75, 3.05) is 19.0 Å². The van der Waals surface area contributed by atoms with Crippen molar-refractivity contribution in [1.82, 2.24) is 4.98 Å². The number of anilines is 1. The number of thiazole rings is 1. The molecule has 0 unspecified atom stereocenters. The van der Waals surface area contributed by atoms with Crippen LogP contribution in [-0.2, 0) is 0 Å². The van der Waals surface area contributed by atoms with E-state index in [-0.39, 0.29) is 0 Å². The topological polar surface area (TPSA) is 28.5 Å². The molecule has 0 bridgehead atoms. The Hall–Kier alpha value is -0.900. The monoisotopic (exact) mass is 155 g/mol. The van der Waals surface area contributed by atoms with Gasteiger partial charge in [-0.2, -0.15) is 0 Å². The highest BCUT2D eigenvalue weighted by Gasteiger charge is 1.96. The van der Waals surface area contributed by atoms with Gasteiger partial charge in [0.15, 0.2) is 5.13 Å². The molecule has 0 saturated heterocycles. The summed E-state index contributed by atoms with van der Waals surface area (Å²) in [6, 6.07) is 0. The second kappa shape index (κ2) is 3.31. The fourth-order valence-electron chi connectivity index (χ4n) is 0.613. The fraction of sp³-hybridized carbons (Fsp3) is 0.333. The van der Waals surface area contributed by atoms with E-state index in [0.717, 1.165) is 5.13 Å². The first kappa shape index (κ1) is 7.21. The Morgan fingerprint density at radius 2 is 2.60 bits per heavy atom. The van der Waals surface area contributed by atoms with Crippen LogP contribution in [0.25, 0.3) is 0 Å². The standard InChI is InChI=1S/C6H9N3S/c1-7-5-9(2)6-8-3-4-10-6/h3-5H,1-2H3. The summed E-state index contributed by atoms with van der Waals surface area (Å²) in [5, 5.41) is 2.90. The van der Waals surface area contributed by atoms with Crippen molar-refractivity contribution < 1.29 is 0 Å². The van der Waals surface area contributed by atoms with E-state index in [1.807, 2.05) is 17.3 Å². The van der Waals surface area contributed by atoms with Gasteiger partial charge in [-0.1, -0.05) is 0 Å². The minimum absolute atomic E-state index is 0.964. The van der Waals surface area contributed by atoms with Gasteiger partial charge in [0.1, 0.15) is 0 Å². The Balaban J connectivity index is 2.67. The molecule has 3 nitrogen and oxygen atoms in total. The van der Waals surface area contributed by atoms with Gasteiger partial charge in [0.25, 0.3) is 0 Å². The van der Waals surface area contributed by atoms with Crippen LogP contribution in [0.2, 0.25) is 0 Å². The van der Waals surface area contributed by atoms with Gasteiger partial charge in [-0.3, -0.25) is 4.99 Å². The van der Waals surface area contributed by atoms with E-state index in [2.05, 4.69) is 9.98 Å². The molecule has 1 aromatic rings. The Morgan fingerprint density at radius 3 is 3.10 bits per heavy atom. The predicted octanol–water partition coefficient (Wildman–Crippen LogP) is 1.24. The molecule has 0 saturated carbocycles. The lowest BCUT2D eigenvalue weighted by Gasteiger charge is -2.06. The van der Waals surface area contributed by atoms with E-state index in [9.17, 15) is 0 Å². The zero-order chi connectivity index (χ0) is 7.40. The molecular weight excluding hydrogens is 146 g/mol. The molecule has 0 aromatic carbocycles. The first-order valence-corrected chi connectivity index (χ1v) is 3.77. The van der Waals surface area contributed by atoms with Gasteiger partial charge in [-0.15, -0.1) is 11.3 Å². The van der Waals surface area contributed by atoms with Crippen molar-refractivity contribution >= 4 is 22.8 Å². The van der Waals surface area contributed by atoms with Crippen LogP contribution in [0.5, 0.6) is 0 Å². The lowest BCUT2D eigenvalue weighted by molar-refractivity contribution is 1.22.